The number of carbonyl (C=O) groups excluding carboxylic acids is 1. The average Bonchev–Trinajstić information content (AvgIpc) is 3.00. The van der Waals surface area contributed by atoms with Gasteiger partial charge in [0.25, 0.3) is 5.91 Å². The summed E-state index contributed by atoms with van der Waals surface area (Å²) in [5, 5.41) is 3.04. The first-order valence-electron chi connectivity index (χ1n) is 10.8. The van der Waals surface area contributed by atoms with E-state index in [9.17, 15) is 4.79 Å². The molecule has 2 aromatic carbocycles. The first kappa shape index (κ1) is 21.2. The highest BCUT2D eigenvalue weighted by Crippen LogP contribution is 2.31. The second kappa shape index (κ2) is 9.34. The van der Waals surface area contributed by atoms with Crippen molar-refractivity contribution in [3.8, 4) is 5.75 Å². The number of carbonyl (C=O) groups is 1. The predicted molar refractivity (Wildman–Crippen MR) is 120 cm³/mol. The third-order valence-corrected chi connectivity index (χ3v) is 5.69. The number of benzene rings is 2. The number of nitrogens with one attached hydrogen (secondary N) is 1. The molecule has 2 unspecified atom stereocenters. The summed E-state index contributed by atoms with van der Waals surface area (Å²) in [4.78, 5) is 15.0. The van der Waals surface area contributed by atoms with Gasteiger partial charge in [-0.15, -0.1) is 0 Å². The Morgan fingerprint density at radius 2 is 1.97 bits per heavy atom. The lowest BCUT2D eigenvalue weighted by molar-refractivity contribution is -0.127. The minimum atomic E-state index is -0.513. The number of fused-ring (bicyclic) bond motifs is 1. The fourth-order valence-electron chi connectivity index (χ4n) is 4.04. The lowest BCUT2D eigenvalue weighted by Gasteiger charge is -2.25. The van der Waals surface area contributed by atoms with Crippen LogP contribution in [0, 0.1) is 6.92 Å². The van der Waals surface area contributed by atoms with Gasteiger partial charge in [-0.05, 0) is 68.4 Å². The van der Waals surface area contributed by atoms with Gasteiger partial charge in [0, 0.05) is 24.8 Å². The first-order chi connectivity index (χ1) is 13.9. The smallest absolute Gasteiger partial charge is 0.260 e. The largest absolute Gasteiger partial charge is 0.481 e. The van der Waals surface area contributed by atoms with Gasteiger partial charge in [-0.3, -0.25) is 4.79 Å². The van der Waals surface area contributed by atoms with Crippen molar-refractivity contribution in [2.24, 2.45) is 0 Å². The van der Waals surface area contributed by atoms with Crippen LogP contribution in [0.3, 0.4) is 0 Å². The Kier molecular flexibility index (Phi) is 6.83. The van der Waals surface area contributed by atoms with Crippen molar-refractivity contribution in [1.82, 2.24) is 5.32 Å². The number of ether oxygens (including phenoxy) is 1. The van der Waals surface area contributed by atoms with Crippen molar-refractivity contribution in [2.45, 2.75) is 65.5 Å². The average molecular weight is 395 g/mol. The molecule has 0 spiro atoms. The lowest BCUT2D eigenvalue weighted by atomic mass is 10.0. The first-order valence-corrected chi connectivity index (χ1v) is 10.8. The zero-order chi connectivity index (χ0) is 21.0. The molecule has 1 heterocycles. The number of rotatable bonds is 8. The van der Waals surface area contributed by atoms with Crippen LogP contribution in [-0.4, -0.2) is 31.1 Å². The Morgan fingerprint density at radius 1 is 1.21 bits per heavy atom. The Morgan fingerprint density at radius 3 is 2.72 bits per heavy atom. The van der Waals surface area contributed by atoms with E-state index in [-0.39, 0.29) is 5.91 Å². The maximum absolute atomic E-state index is 12.5. The van der Waals surface area contributed by atoms with Crippen molar-refractivity contribution in [2.75, 3.05) is 18.0 Å². The maximum atomic E-state index is 12.5. The summed E-state index contributed by atoms with van der Waals surface area (Å²) in [7, 11) is 0. The summed E-state index contributed by atoms with van der Waals surface area (Å²) in [5.41, 5.74) is 5.03. The van der Waals surface area contributed by atoms with Crippen molar-refractivity contribution < 1.29 is 9.53 Å². The minimum absolute atomic E-state index is 0.0592. The van der Waals surface area contributed by atoms with Crippen LogP contribution in [0.15, 0.2) is 42.5 Å². The molecule has 3 rings (SSSR count). The maximum Gasteiger partial charge on any atom is 0.260 e. The number of nitrogens with zero attached hydrogens (tertiary/aromatic N) is 1. The van der Waals surface area contributed by atoms with Gasteiger partial charge in [0.15, 0.2) is 6.10 Å². The van der Waals surface area contributed by atoms with Gasteiger partial charge in [0.2, 0.25) is 0 Å². The molecule has 29 heavy (non-hydrogen) atoms. The molecular formula is C25H34N2O2. The molecule has 1 aliphatic heterocycles. The highest BCUT2D eigenvalue weighted by molar-refractivity contribution is 5.80. The summed E-state index contributed by atoms with van der Waals surface area (Å²) in [6.07, 6.45) is 1.50. The molecule has 0 aromatic heterocycles. The van der Waals surface area contributed by atoms with Gasteiger partial charge in [-0.1, -0.05) is 44.2 Å². The molecule has 0 saturated carbocycles. The van der Waals surface area contributed by atoms with Crippen molar-refractivity contribution in [3.63, 3.8) is 0 Å². The fraction of sp³-hybridized carbons (Fsp3) is 0.480. The van der Waals surface area contributed by atoms with Crippen molar-refractivity contribution in [3.05, 3.63) is 59.2 Å². The SMILES string of the molecule is Cc1ccc(C(C)C)c(OC(C)C(=O)NCCCN2c3ccccc3CC2C)c1. The van der Waals surface area contributed by atoms with Crippen LogP contribution < -0.4 is 15.0 Å². The zero-order valence-electron chi connectivity index (χ0n) is 18.4. The second-order valence-corrected chi connectivity index (χ2v) is 8.48. The topological polar surface area (TPSA) is 41.6 Å². The lowest BCUT2D eigenvalue weighted by Crippen LogP contribution is -2.38. The molecule has 1 amide bonds. The molecule has 1 aliphatic rings. The summed E-state index contributed by atoms with van der Waals surface area (Å²) in [6, 6.07) is 15.3. The molecule has 2 aromatic rings. The molecule has 4 heteroatoms. The zero-order valence-corrected chi connectivity index (χ0v) is 18.4. The van der Waals surface area contributed by atoms with Crippen LogP contribution in [0.2, 0.25) is 0 Å². The monoisotopic (exact) mass is 394 g/mol. The van der Waals surface area contributed by atoms with Gasteiger partial charge >= 0.3 is 0 Å². The highest BCUT2D eigenvalue weighted by Gasteiger charge is 2.25. The quantitative estimate of drug-likeness (QED) is 0.651. The van der Waals surface area contributed by atoms with E-state index < -0.39 is 6.10 Å². The molecule has 0 fully saturated rings. The summed E-state index contributed by atoms with van der Waals surface area (Å²) < 4.78 is 6.02. The van der Waals surface area contributed by atoms with Gasteiger partial charge in [0.05, 0.1) is 0 Å². The molecule has 0 saturated heterocycles. The Balaban J connectivity index is 1.48. The van der Waals surface area contributed by atoms with E-state index in [4.69, 9.17) is 4.74 Å². The summed E-state index contributed by atoms with van der Waals surface area (Å²) >= 11 is 0. The molecule has 1 N–H and O–H groups in total. The third kappa shape index (κ3) is 5.11. The van der Waals surface area contributed by atoms with Gasteiger partial charge in [-0.2, -0.15) is 0 Å². The van der Waals surface area contributed by atoms with E-state index >= 15 is 0 Å². The van der Waals surface area contributed by atoms with E-state index in [0.717, 1.165) is 36.3 Å². The number of hydrogen-bond donors (Lipinski definition) is 1. The molecule has 156 valence electrons. The predicted octanol–water partition coefficient (Wildman–Crippen LogP) is 4.84. The molecule has 0 aliphatic carbocycles. The Labute approximate surface area is 175 Å². The number of para-hydroxylation sites is 1. The van der Waals surface area contributed by atoms with E-state index in [1.807, 2.05) is 19.9 Å². The van der Waals surface area contributed by atoms with Crippen LogP contribution >= 0.6 is 0 Å². The number of aryl methyl sites for hydroxylation is 1. The number of hydrogen-bond acceptors (Lipinski definition) is 3. The van der Waals surface area contributed by atoms with Gasteiger partial charge < -0.3 is 15.0 Å². The molecule has 4 nitrogen and oxygen atoms in total. The Bertz CT molecular complexity index is 846. The number of amides is 1. The van der Waals surface area contributed by atoms with E-state index in [1.165, 1.54) is 11.3 Å². The van der Waals surface area contributed by atoms with Crippen LogP contribution in [-0.2, 0) is 11.2 Å². The normalized spacial score (nSPS) is 16.6. The molecule has 2 atom stereocenters. The number of anilines is 1. The highest BCUT2D eigenvalue weighted by atomic mass is 16.5. The van der Waals surface area contributed by atoms with Crippen LogP contribution in [0.25, 0.3) is 0 Å². The second-order valence-electron chi connectivity index (χ2n) is 8.48. The summed E-state index contributed by atoms with van der Waals surface area (Å²) in [5.74, 6) is 1.10. The Hall–Kier alpha value is -2.49. The summed E-state index contributed by atoms with van der Waals surface area (Å²) in [6.45, 7) is 12.0. The minimum Gasteiger partial charge on any atom is -0.481 e. The van der Waals surface area contributed by atoms with Crippen LogP contribution in [0.5, 0.6) is 5.75 Å². The molecular weight excluding hydrogens is 360 g/mol. The van der Waals surface area contributed by atoms with Gasteiger partial charge in [-0.25, -0.2) is 0 Å². The van der Waals surface area contributed by atoms with Crippen molar-refractivity contribution in [1.29, 1.82) is 0 Å². The molecule has 0 bridgehead atoms. The van der Waals surface area contributed by atoms with E-state index in [1.54, 1.807) is 0 Å². The van der Waals surface area contributed by atoms with E-state index in [0.29, 0.717) is 18.5 Å². The van der Waals surface area contributed by atoms with Crippen molar-refractivity contribution >= 4 is 11.6 Å². The fourth-order valence-corrected chi connectivity index (χ4v) is 4.04. The van der Waals surface area contributed by atoms with Crippen LogP contribution in [0.4, 0.5) is 5.69 Å². The van der Waals surface area contributed by atoms with Crippen LogP contribution in [0.1, 0.15) is 56.7 Å². The van der Waals surface area contributed by atoms with Gasteiger partial charge in [0.1, 0.15) is 5.75 Å². The standard InChI is InChI=1S/C25H34N2O2/c1-17(2)22-12-11-18(3)15-24(22)29-20(5)25(28)26-13-8-14-27-19(4)16-21-9-6-7-10-23(21)27/h6-7,9-12,15,17,19-20H,8,13-14,16H2,1-5H3,(H,26,28). The third-order valence-electron chi connectivity index (χ3n) is 5.69. The van der Waals surface area contributed by atoms with E-state index in [2.05, 4.69) is 67.4 Å². The molecule has 0 radical (unpaired) electrons.